The highest BCUT2D eigenvalue weighted by Crippen LogP contribution is 2.20. The number of anilines is 1. The average molecular weight is 425 g/mol. The normalized spacial score (nSPS) is 12.0. The number of carbonyl (C=O) groups is 1. The van der Waals surface area contributed by atoms with Crippen LogP contribution in [-0.2, 0) is 16.4 Å². The summed E-state index contributed by atoms with van der Waals surface area (Å²) in [5, 5.41) is 8.60. The smallest absolute Gasteiger partial charge is 0.319 e. The predicted octanol–water partition coefficient (Wildman–Crippen LogP) is 3.66. The van der Waals surface area contributed by atoms with Crippen molar-refractivity contribution in [1.29, 1.82) is 0 Å². The van der Waals surface area contributed by atoms with E-state index in [2.05, 4.69) is 29.5 Å². The predicted molar refractivity (Wildman–Crippen MR) is 113 cm³/mol. The number of sulfonamides is 1. The molecule has 0 saturated carbocycles. The standard InChI is InChI=1S/C19H28N4O3S2/c1-13(2)18-21-16(12-27-18)10-11-20-19(24)22-15-6-8-17(9-7-15)28(25,26)23(5)14(3)4/h6-9,12-14H,10-11H2,1-5H3,(H2,20,22,24). The van der Waals surface area contributed by atoms with Crippen LogP contribution in [0.3, 0.4) is 0 Å². The molecule has 7 nitrogen and oxygen atoms in total. The van der Waals surface area contributed by atoms with E-state index in [0.29, 0.717) is 24.6 Å². The summed E-state index contributed by atoms with van der Waals surface area (Å²) in [6.45, 7) is 8.30. The van der Waals surface area contributed by atoms with Crippen molar-refractivity contribution in [2.75, 3.05) is 18.9 Å². The summed E-state index contributed by atoms with van der Waals surface area (Å²) >= 11 is 1.63. The lowest BCUT2D eigenvalue weighted by Gasteiger charge is -2.21. The third kappa shape index (κ3) is 5.76. The molecule has 0 saturated heterocycles. The largest absolute Gasteiger partial charge is 0.337 e. The number of rotatable bonds is 8. The Labute approximate surface area is 171 Å². The molecule has 0 atom stereocenters. The number of nitrogens with zero attached hydrogens (tertiary/aromatic N) is 2. The van der Waals surface area contributed by atoms with E-state index in [1.807, 2.05) is 19.2 Å². The SMILES string of the molecule is CC(C)c1nc(CCNC(=O)Nc2ccc(S(=O)(=O)N(C)C(C)C)cc2)cs1. The van der Waals surface area contributed by atoms with Gasteiger partial charge in [-0.25, -0.2) is 18.2 Å². The van der Waals surface area contributed by atoms with E-state index in [1.54, 1.807) is 30.5 Å². The van der Waals surface area contributed by atoms with Crippen molar-refractivity contribution in [3.8, 4) is 0 Å². The second kappa shape index (κ2) is 9.49. The van der Waals surface area contributed by atoms with Crippen LogP contribution in [0, 0.1) is 0 Å². The minimum atomic E-state index is -3.53. The highest BCUT2D eigenvalue weighted by molar-refractivity contribution is 7.89. The fourth-order valence-electron chi connectivity index (χ4n) is 2.34. The van der Waals surface area contributed by atoms with Crippen molar-refractivity contribution >= 4 is 33.1 Å². The Kier molecular flexibility index (Phi) is 7.56. The van der Waals surface area contributed by atoms with Crippen molar-refractivity contribution in [1.82, 2.24) is 14.6 Å². The zero-order valence-corrected chi connectivity index (χ0v) is 18.5. The molecule has 0 fully saturated rings. The average Bonchev–Trinajstić information content (AvgIpc) is 3.10. The third-order valence-corrected chi connectivity index (χ3v) is 7.49. The maximum absolute atomic E-state index is 12.4. The first kappa shape index (κ1) is 22.3. The van der Waals surface area contributed by atoms with Crippen LogP contribution >= 0.6 is 11.3 Å². The van der Waals surface area contributed by atoms with Crippen molar-refractivity contribution < 1.29 is 13.2 Å². The molecule has 2 aromatic rings. The number of hydrogen-bond acceptors (Lipinski definition) is 5. The van der Waals surface area contributed by atoms with Gasteiger partial charge in [-0.2, -0.15) is 4.31 Å². The third-order valence-electron chi connectivity index (χ3n) is 4.25. The van der Waals surface area contributed by atoms with Gasteiger partial charge in [-0.05, 0) is 38.1 Å². The zero-order chi connectivity index (χ0) is 20.9. The lowest BCUT2D eigenvalue weighted by atomic mass is 10.2. The molecule has 28 heavy (non-hydrogen) atoms. The molecule has 2 amide bonds. The topological polar surface area (TPSA) is 91.4 Å². The van der Waals surface area contributed by atoms with Crippen molar-refractivity contribution in [3.05, 3.63) is 40.3 Å². The summed E-state index contributed by atoms with van der Waals surface area (Å²) in [5.74, 6) is 0.405. The summed E-state index contributed by atoms with van der Waals surface area (Å²) in [5.41, 5.74) is 1.50. The summed E-state index contributed by atoms with van der Waals surface area (Å²) in [6, 6.07) is 5.67. The Hall–Kier alpha value is -1.97. The molecule has 1 aromatic heterocycles. The minimum absolute atomic E-state index is 0.136. The van der Waals surface area contributed by atoms with Crippen LogP contribution in [0.25, 0.3) is 0 Å². The van der Waals surface area contributed by atoms with Crippen molar-refractivity contribution in [2.24, 2.45) is 0 Å². The van der Waals surface area contributed by atoms with E-state index in [4.69, 9.17) is 0 Å². The summed E-state index contributed by atoms with van der Waals surface area (Å²) in [6.07, 6.45) is 0.662. The molecule has 0 radical (unpaired) electrons. The summed E-state index contributed by atoms with van der Waals surface area (Å²) in [7, 11) is -1.99. The van der Waals surface area contributed by atoms with E-state index in [-0.39, 0.29) is 17.0 Å². The number of aromatic nitrogens is 1. The first-order valence-electron chi connectivity index (χ1n) is 9.18. The van der Waals surface area contributed by atoms with Gasteiger partial charge in [-0.15, -0.1) is 11.3 Å². The van der Waals surface area contributed by atoms with E-state index >= 15 is 0 Å². The first-order chi connectivity index (χ1) is 13.1. The maximum atomic E-state index is 12.4. The Morgan fingerprint density at radius 2 is 1.82 bits per heavy atom. The number of amides is 2. The highest BCUT2D eigenvalue weighted by atomic mass is 32.2. The van der Waals surface area contributed by atoms with Crippen molar-refractivity contribution in [2.45, 2.75) is 51.0 Å². The van der Waals surface area contributed by atoms with Gasteiger partial charge in [0.05, 0.1) is 15.6 Å². The quantitative estimate of drug-likeness (QED) is 0.676. The summed E-state index contributed by atoms with van der Waals surface area (Å²) in [4.78, 5) is 16.8. The van der Waals surface area contributed by atoms with E-state index in [0.717, 1.165) is 10.7 Å². The second-order valence-corrected chi connectivity index (χ2v) is 9.99. The van der Waals surface area contributed by atoms with Crippen LogP contribution in [0.1, 0.15) is 44.3 Å². The molecule has 0 aliphatic heterocycles. The van der Waals surface area contributed by atoms with Crippen LogP contribution in [0.2, 0.25) is 0 Å². The molecule has 154 valence electrons. The molecular formula is C19H28N4O3S2. The van der Waals surface area contributed by atoms with Gasteiger partial charge < -0.3 is 10.6 Å². The lowest BCUT2D eigenvalue weighted by molar-refractivity contribution is 0.252. The minimum Gasteiger partial charge on any atom is -0.337 e. The Balaban J connectivity index is 1.87. The molecule has 0 spiro atoms. The second-order valence-electron chi connectivity index (χ2n) is 7.10. The van der Waals surface area contributed by atoms with Gasteiger partial charge in [0.1, 0.15) is 0 Å². The Morgan fingerprint density at radius 3 is 2.36 bits per heavy atom. The number of nitrogens with one attached hydrogen (secondary N) is 2. The zero-order valence-electron chi connectivity index (χ0n) is 16.9. The molecule has 0 unspecified atom stereocenters. The molecule has 0 aliphatic rings. The van der Waals surface area contributed by atoms with Gasteiger partial charge in [0.15, 0.2) is 0 Å². The molecule has 1 heterocycles. The van der Waals surface area contributed by atoms with Gasteiger partial charge in [0, 0.05) is 43.0 Å². The first-order valence-corrected chi connectivity index (χ1v) is 11.5. The van der Waals surface area contributed by atoms with Crippen LogP contribution in [0.4, 0.5) is 10.5 Å². The maximum Gasteiger partial charge on any atom is 0.319 e. The van der Waals surface area contributed by atoms with E-state index in [9.17, 15) is 13.2 Å². The van der Waals surface area contributed by atoms with E-state index < -0.39 is 10.0 Å². The number of urea groups is 1. The molecular weight excluding hydrogens is 396 g/mol. The van der Waals surface area contributed by atoms with Crippen LogP contribution in [0.15, 0.2) is 34.5 Å². The Bertz CT molecular complexity index is 890. The van der Waals surface area contributed by atoms with Crippen molar-refractivity contribution in [3.63, 3.8) is 0 Å². The van der Waals surface area contributed by atoms with Gasteiger partial charge >= 0.3 is 6.03 Å². The molecule has 0 aliphatic carbocycles. The molecule has 2 N–H and O–H groups in total. The number of carbonyl (C=O) groups excluding carboxylic acids is 1. The number of benzene rings is 1. The van der Waals surface area contributed by atoms with Crippen LogP contribution in [0.5, 0.6) is 0 Å². The summed E-state index contributed by atoms with van der Waals surface area (Å²) < 4.78 is 26.2. The van der Waals surface area contributed by atoms with Crippen LogP contribution < -0.4 is 10.6 Å². The van der Waals surface area contributed by atoms with E-state index in [1.165, 1.54) is 16.4 Å². The van der Waals surface area contributed by atoms with Crippen LogP contribution in [-0.4, -0.2) is 43.4 Å². The lowest BCUT2D eigenvalue weighted by Crippen LogP contribution is -2.33. The molecule has 9 heteroatoms. The van der Waals surface area contributed by atoms with Gasteiger partial charge in [-0.3, -0.25) is 0 Å². The molecule has 2 rings (SSSR count). The number of thiazole rings is 1. The Morgan fingerprint density at radius 1 is 1.18 bits per heavy atom. The molecule has 1 aromatic carbocycles. The van der Waals surface area contributed by atoms with Gasteiger partial charge in [0.2, 0.25) is 10.0 Å². The fourth-order valence-corrected chi connectivity index (χ4v) is 4.57. The highest BCUT2D eigenvalue weighted by Gasteiger charge is 2.22. The fraction of sp³-hybridized carbons (Fsp3) is 0.474. The molecule has 0 bridgehead atoms. The number of hydrogen-bond donors (Lipinski definition) is 2. The van der Waals surface area contributed by atoms with Gasteiger partial charge in [0.25, 0.3) is 0 Å². The monoisotopic (exact) mass is 424 g/mol. The van der Waals surface area contributed by atoms with Gasteiger partial charge in [-0.1, -0.05) is 13.8 Å².